The molecule has 2 rings (SSSR count). The second-order valence-electron chi connectivity index (χ2n) is 12.9. The van der Waals surface area contributed by atoms with Gasteiger partial charge in [-0.15, -0.1) is 0 Å². The highest BCUT2D eigenvalue weighted by Gasteiger charge is 2.79. The van der Waals surface area contributed by atoms with Gasteiger partial charge in [0, 0.05) is 0 Å². The molecule has 2 aliphatic heterocycles. The number of aliphatic hydroxyl groups excluding tert-OH is 10. The van der Waals surface area contributed by atoms with E-state index in [0.717, 1.165) is 25.7 Å². The predicted octanol–water partition coefficient (Wildman–Crippen LogP) is -2.86. The lowest BCUT2D eigenvalue weighted by atomic mass is 9.61. The Bertz CT molecular complexity index is 1060. The second-order valence-corrected chi connectivity index (χ2v) is 12.9. The maximum absolute atomic E-state index is 14.2. The van der Waals surface area contributed by atoms with Crippen molar-refractivity contribution in [2.45, 2.75) is 144 Å². The Kier molecular flexibility index (Phi) is 18.0. The van der Waals surface area contributed by atoms with E-state index in [4.69, 9.17) is 14.2 Å². The van der Waals surface area contributed by atoms with Gasteiger partial charge >= 0.3 is 11.9 Å². The van der Waals surface area contributed by atoms with Crippen LogP contribution in [-0.4, -0.2) is 160 Å². The summed E-state index contributed by atoms with van der Waals surface area (Å²) in [6, 6.07) is 0. The number of allylic oxidation sites excluding steroid dienone is 4. The summed E-state index contributed by atoms with van der Waals surface area (Å²) >= 11 is 0. The van der Waals surface area contributed by atoms with Crippen LogP contribution in [-0.2, 0) is 23.8 Å². The Morgan fingerprint density at radius 2 is 1.18 bits per heavy atom. The number of hydrogen-bond donors (Lipinski definition) is 12. The van der Waals surface area contributed by atoms with Crippen LogP contribution < -0.4 is 0 Å². The Hall–Kier alpha value is -1.94. The molecule has 2 fully saturated rings. The molecule has 2 aliphatic rings. The molecular weight excluding hydrogens is 668 g/mol. The normalized spacial score (nSPS) is 34.3. The van der Waals surface area contributed by atoms with Crippen LogP contribution in [0.5, 0.6) is 0 Å². The van der Waals surface area contributed by atoms with E-state index in [9.17, 15) is 70.9 Å². The summed E-state index contributed by atoms with van der Waals surface area (Å²) < 4.78 is 15.5. The summed E-state index contributed by atoms with van der Waals surface area (Å²) in [5, 5.41) is 128. The molecule has 0 aromatic heterocycles. The van der Waals surface area contributed by atoms with Gasteiger partial charge in [0.05, 0.1) is 19.8 Å². The van der Waals surface area contributed by atoms with E-state index in [1.54, 1.807) is 0 Å². The number of ether oxygens (including phenoxy) is 3. The van der Waals surface area contributed by atoms with E-state index >= 15 is 0 Å². The average Bonchev–Trinajstić information content (AvgIpc) is 3.10. The van der Waals surface area contributed by atoms with Gasteiger partial charge in [-0.3, -0.25) is 4.79 Å². The predicted molar refractivity (Wildman–Crippen MR) is 171 cm³/mol. The van der Waals surface area contributed by atoms with Crippen LogP contribution in [0.1, 0.15) is 77.6 Å². The van der Waals surface area contributed by atoms with E-state index in [0.29, 0.717) is 19.3 Å². The molecule has 0 aliphatic carbocycles. The summed E-state index contributed by atoms with van der Waals surface area (Å²) in [6.45, 7) is -1.45. The highest BCUT2D eigenvalue weighted by atomic mass is 16.7. The van der Waals surface area contributed by atoms with Crippen molar-refractivity contribution in [3.63, 3.8) is 0 Å². The third kappa shape index (κ3) is 9.53. The Labute approximate surface area is 290 Å². The summed E-state index contributed by atoms with van der Waals surface area (Å²) in [4.78, 5) is 26.7. The minimum atomic E-state index is -3.74. The summed E-state index contributed by atoms with van der Waals surface area (Å²) in [7, 11) is 0. The quantitative estimate of drug-likeness (QED) is 0.0260. The monoisotopic (exact) mass is 724 g/mol. The molecule has 0 spiro atoms. The zero-order chi connectivity index (χ0) is 37.7. The first-order valence-electron chi connectivity index (χ1n) is 17.1. The molecule has 0 amide bonds. The fourth-order valence-electron chi connectivity index (χ4n) is 6.37. The molecule has 0 saturated carbocycles. The first-order valence-corrected chi connectivity index (χ1v) is 17.1. The van der Waals surface area contributed by atoms with E-state index < -0.39 is 110 Å². The molecule has 11 atom stereocenters. The van der Waals surface area contributed by atoms with Crippen molar-refractivity contribution >= 4 is 11.9 Å². The summed E-state index contributed by atoms with van der Waals surface area (Å²) in [6.07, 6.45) is -6.80. The second kappa shape index (κ2) is 20.3. The van der Waals surface area contributed by atoms with Crippen LogP contribution in [0, 0.1) is 5.41 Å². The van der Waals surface area contributed by atoms with Crippen LogP contribution in [0.25, 0.3) is 0 Å². The number of rotatable bonds is 20. The Morgan fingerprint density at radius 1 is 0.720 bits per heavy atom. The van der Waals surface area contributed by atoms with Gasteiger partial charge < -0.3 is 75.5 Å². The summed E-state index contributed by atoms with van der Waals surface area (Å²) in [5.74, 6) is -11.4. The average molecular weight is 725 g/mol. The zero-order valence-electron chi connectivity index (χ0n) is 28.3. The molecule has 1 unspecified atom stereocenters. The minimum Gasteiger partial charge on any atom is -0.394 e. The van der Waals surface area contributed by atoms with Gasteiger partial charge in [-0.25, -0.2) is 4.79 Å². The smallest absolute Gasteiger partial charge is 0.345 e. The molecular formula is C33H56O17. The number of unbranched alkanes of at least 4 members (excludes halogenated alkanes) is 7. The number of hydrogen-bond acceptors (Lipinski definition) is 17. The highest BCUT2D eigenvalue weighted by Crippen LogP contribution is 2.56. The molecule has 17 nitrogen and oxygen atoms in total. The van der Waals surface area contributed by atoms with Crippen molar-refractivity contribution in [3.8, 4) is 0 Å². The minimum absolute atomic E-state index is 0.203. The van der Waals surface area contributed by atoms with Crippen molar-refractivity contribution in [2.75, 3.05) is 19.8 Å². The van der Waals surface area contributed by atoms with Gasteiger partial charge in [0.1, 0.15) is 48.8 Å². The van der Waals surface area contributed by atoms with Gasteiger partial charge in [0.2, 0.25) is 11.6 Å². The molecule has 0 bridgehead atoms. The van der Waals surface area contributed by atoms with E-state index in [2.05, 4.69) is 19.1 Å². The third-order valence-corrected chi connectivity index (χ3v) is 9.39. The number of carbonyl (C=O) groups is 2. The fraction of sp³-hybridized carbons (Fsp3) is 0.818. The maximum Gasteiger partial charge on any atom is 0.345 e. The van der Waals surface area contributed by atoms with Crippen molar-refractivity contribution < 1.29 is 85.1 Å². The molecule has 12 N–H and O–H groups in total. The Balaban J connectivity index is 2.51. The first-order chi connectivity index (χ1) is 23.6. The molecule has 2 saturated heterocycles. The van der Waals surface area contributed by atoms with E-state index in [-0.39, 0.29) is 12.8 Å². The van der Waals surface area contributed by atoms with Crippen molar-refractivity contribution in [1.82, 2.24) is 0 Å². The van der Waals surface area contributed by atoms with Crippen molar-refractivity contribution in [1.29, 1.82) is 0 Å². The van der Waals surface area contributed by atoms with Crippen LogP contribution in [0.2, 0.25) is 0 Å². The molecule has 50 heavy (non-hydrogen) atoms. The Morgan fingerprint density at radius 3 is 1.62 bits per heavy atom. The number of aliphatic hydroxyl groups is 12. The van der Waals surface area contributed by atoms with Gasteiger partial charge in [0.15, 0.2) is 11.5 Å². The van der Waals surface area contributed by atoms with E-state index in [1.165, 1.54) is 6.42 Å². The molecule has 2 heterocycles. The van der Waals surface area contributed by atoms with Crippen LogP contribution in [0.15, 0.2) is 24.3 Å². The van der Waals surface area contributed by atoms with Crippen LogP contribution in [0.4, 0.5) is 0 Å². The molecule has 17 heteroatoms. The number of carbonyl (C=O) groups excluding carboxylic acids is 2. The van der Waals surface area contributed by atoms with Gasteiger partial charge in [-0.05, 0) is 38.5 Å². The largest absolute Gasteiger partial charge is 0.394 e. The molecule has 0 radical (unpaired) electrons. The van der Waals surface area contributed by atoms with Crippen LogP contribution in [0.3, 0.4) is 0 Å². The maximum atomic E-state index is 14.2. The topological polar surface area (TPSA) is 305 Å². The van der Waals surface area contributed by atoms with Gasteiger partial charge in [-0.2, -0.15) is 0 Å². The lowest BCUT2D eigenvalue weighted by Gasteiger charge is -2.60. The zero-order valence-corrected chi connectivity index (χ0v) is 28.3. The number of esters is 2. The lowest BCUT2D eigenvalue weighted by molar-refractivity contribution is -0.461. The van der Waals surface area contributed by atoms with Crippen LogP contribution >= 0.6 is 0 Å². The SMILES string of the molecule is CCCCC/C=C/C/C=C/CCCCCCC(C(=O)OC(=O)C(O)CO)([C@@]1(O)O[C@H](CO)[C@H](O)[C@H](O)[C@H]1O)[C@@]1(O)O[C@H](CO)[C@H](O)[C@H](O)[C@H]1O. The highest BCUT2D eigenvalue weighted by molar-refractivity contribution is 5.92. The third-order valence-electron chi connectivity index (χ3n) is 9.39. The lowest BCUT2D eigenvalue weighted by Crippen LogP contribution is -2.82. The fourth-order valence-corrected chi connectivity index (χ4v) is 6.37. The molecule has 0 aromatic rings. The van der Waals surface area contributed by atoms with Gasteiger partial charge in [0.25, 0.3) is 0 Å². The first kappa shape index (κ1) is 44.2. The van der Waals surface area contributed by atoms with Crippen molar-refractivity contribution in [2.24, 2.45) is 5.41 Å². The van der Waals surface area contributed by atoms with E-state index in [1.807, 2.05) is 12.2 Å². The molecule has 0 aromatic carbocycles. The molecule has 290 valence electrons. The van der Waals surface area contributed by atoms with Gasteiger partial charge in [-0.1, -0.05) is 63.3 Å². The standard InChI is InChI=1S/C33H56O17/c1-2-3-4-5-6-7-8-9-10-11-12-13-14-15-16-31(30(45)48-29(44)20(37)17-34,32(46)27(42)25(40)23(38)21(18-35)49-32)33(47)28(43)26(41)24(39)22(19-36)50-33/h6-7,9-10,20-28,34-43,46-47H,2-5,8,11-19H2,1H3/b7-6+,10-9+/t20?,21-,22-,23+,24+,25+,26+,27-,28-,32+,33+/m1/s1. The van der Waals surface area contributed by atoms with Crippen molar-refractivity contribution in [3.05, 3.63) is 24.3 Å². The summed E-state index contributed by atoms with van der Waals surface area (Å²) in [5.41, 5.74) is -3.53.